The molecule has 1 fully saturated rings. The van der Waals surface area contributed by atoms with Crippen LogP contribution in [0.1, 0.15) is 49.0 Å². The van der Waals surface area contributed by atoms with E-state index in [1.165, 1.54) is 0 Å². The standard InChI is InChI=1S/C14H21N3O2/c1-16-7-4-10(5-8-16)13-15-9-12-11(14(18)19)3-2-6-17(12)13/h9-11H,2-8H2,1H3,(H,18,19). The molecule has 3 rings (SSSR count). The molecule has 0 radical (unpaired) electrons. The van der Waals surface area contributed by atoms with Gasteiger partial charge in [-0.15, -0.1) is 0 Å². The molecule has 0 amide bonds. The smallest absolute Gasteiger partial charge is 0.312 e. The lowest BCUT2D eigenvalue weighted by Crippen LogP contribution is -2.31. The van der Waals surface area contributed by atoms with Gasteiger partial charge in [0.2, 0.25) is 0 Å². The van der Waals surface area contributed by atoms with Gasteiger partial charge in [-0.2, -0.15) is 0 Å². The predicted octanol–water partition coefficient (Wildman–Crippen LogP) is 1.65. The third-order valence-electron chi connectivity index (χ3n) is 4.53. The summed E-state index contributed by atoms with van der Waals surface area (Å²) in [5.74, 6) is 0.545. The molecule has 5 heteroatoms. The summed E-state index contributed by atoms with van der Waals surface area (Å²) in [6.07, 6.45) is 5.74. The van der Waals surface area contributed by atoms with Crippen molar-refractivity contribution in [1.29, 1.82) is 0 Å². The Kier molecular flexibility index (Phi) is 3.31. The topological polar surface area (TPSA) is 58.4 Å². The zero-order valence-corrected chi connectivity index (χ0v) is 11.4. The molecule has 1 atom stereocenters. The molecule has 1 aromatic rings. The van der Waals surface area contributed by atoms with Gasteiger partial charge in [0.1, 0.15) is 5.82 Å². The quantitative estimate of drug-likeness (QED) is 0.881. The highest BCUT2D eigenvalue weighted by Gasteiger charge is 2.31. The molecule has 2 aliphatic heterocycles. The molecule has 0 spiro atoms. The first-order chi connectivity index (χ1) is 9.16. The number of imidazole rings is 1. The molecule has 0 bridgehead atoms. The van der Waals surface area contributed by atoms with Crippen molar-refractivity contribution >= 4 is 5.97 Å². The summed E-state index contributed by atoms with van der Waals surface area (Å²) in [6, 6.07) is 0. The summed E-state index contributed by atoms with van der Waals surface area (Å²) in [4.78, 5) is 18.2. The maximum atomic E-state index is 11.3. The minimum Gasteiger partial charge on any atom is -0.481 e. The Balaban J connectivity index is 1.86. The first-order valence-electron chi connectivity index (χ1n) is 7.13. The normalized spacial score (nSPS) is 25.2. The van der Waals surface area contributed by atoms with Crippen LogP contribution in [0.4, 0.5) is 0 Å². The Bertz CT molecular complexity index is 475. The van der Waals surface area contributed by atoms with E-state index in [9.17, 15) is 9.90 Å². The maximum Gasteiger partial charge on any atom is 0.312 e. The number of rotatable bonds is 2. The molecule has 1 aromatic heterocycles. The Morgan fingerprint density at radius 3 is 2.74 bits per heavy atom. The predicted molar refractivity (Wildman–Crippen MR) is 71.3 cm³/mol. The van der Waals surface area contributed by atoms with Gasteiger partial charge >= 0.3 is 5.97 Å². The Morgan fingerprint density at radius 1 is 1.32 bits per heavy atom. The first-order valence-corrected chi connectivity index (χ1v) is 7.13. The number of carbonyl (C=O) groups is 1. The number of carboxylic acid groups (broad SMARTS) is 1. The average molecular weight is 263 g/mol. The minimum atomic E-state index is -0.712. The molecule has 19 heavy (non-hydrogen) atoms. The van der Waals surface area contributed by atoms with Crippen LogP contribution in [0.2, 0.25) is 0 Å². The minimum absolute atomic E-state index is 0.360. The third kappa shape index (κ3) is 2.27. The van der Waals surface area contributed by atoms with E-state index in [0.717, 1.165) is 56.8 Å². The summed E-state index contributed by atoms with van der Waals surface area (Å²) in [6.45, 7) is 3.14. The highest BCUT2D eigenvalue weighted by molar-refractivity contribution is 5.75. The number of nitrogens with zero attached hydrogens (tertiary/aromatic N) is 3. The Labute approximate surface area is 113 Å². The Hall–Kier alpha value is -1.36. The largest absolute Gasteiger partial charge is 0.481 e. The fraction of sp³-hybridized carbons (Fsp3) is 0.714. The van der Waals surface area contributed by atoms with Crippen molar-refractivity contribution < 1.29 is 9.90 Å². The van der Waals surface area contributed by atoms with Crippen LogP contribution < -0.4 is 0 Å². The van der Waals surface area contributed by atoms with Crippen molar-refractivity contribution in [1.82, 2.24) is 14.5 Å². The fourth-order valence-electron chi connectivity index (χ4n) is 3.37. The zero-order chi connectivity index (χ0) is 13.4. The number of aliphatic carboxylic acids is 1. The molecular formula is C14H21N3O2. The van der Waals surface area contributed by atoms with Gasteiger partial charge in [-0.25, -0.2) is 4.98 Å². The summed E-state index contributed by atoms with van der Waals surface area (Å²) >= 11 is 0. The second-order valence-corrected chi connectivity index (χ2v) is 5.80. The highest BCUT2D eigenvalue weighted by atomic mass is 16.4. The van der Waals surface area contributed by atoms with E-state index < -0.39 is 5.97 Å². The lowest BCUT2D eigenvalue weighted by Gasteiger charge is -2.30. The lowest BCUT2D eigenvalue weighted by molar-refractivity contribution is -0.139. The van der Waals surface area contributed by atoms with Crippen LogP contribution in [0, 0.1) is 0 Å². The summed E-state index contributed by atoms with van der Waals surface area (Å²) < 4.78 is 2.18. The monoisotopic (exact) mass is 263 g/mol. The van der Waals surface area contributed by atoms with Crippen molar-refractivity contribution in [3.8, 4) is 0 Å². The molecule has 3 heterocycles. The summed E-state index contributed by atoms with van der Waals surface area (Å²) in [5, 5.41) is 9.29. The van der Waals surface area contributed by atoms with E-state index >= 15 is 0 Å². The van der Waals surface area contributed by atoms with Crippen LogP contribution in [0.3, 0.4) is 0 Å². The van der Waals surface area contributed by atoms with Gasteiger partial charge in [-0.05, 0) is 45.8 Å². The highest BCUT2D eigenvalue weighted by Crippen LogP contribution is 2.33. The van der Waals surface area contributed by atoms with Crippen LogP contribution in [-0.4, -0.2) is 45.7 Å². The van der Waals surface area contributed by atoms with E-state index in [1.807, 2.05) is 0 Å². The zero-order valence-electron chi connectivity index (χ0n) is 11.4. The molecule has 0 aliphatic carbocycles. The van der Waals surface area contributed by atoms with Crippen molar-refractivity contribution in [2.24, 2.45) is 0 Å². The SMILES string of the molecule is CN1CCC(c2ncc3n2CCCC3C(=O)O)CC1. The number of carboxylic acids is 1. The number of fused-ring (bicyclic) bond motifs is 1. The van der Waals surface area contributed by atoms with Gasteiger partial charge in [0, 0.05) is 18.7 Å². The van der Waals surface area contributed by atoms with E-state index in [4.69, 9.17) is 0 Å². The number of hydrogen-bond donors (Lipinski definition) is 1. The van der Waals surface area contributed by atoms with Crippen molar-refractivity contribution in [3.63, 3.8) is 0 Å². The van der Waals surface area contributed by atoms with E-state index in [1.54, 1.807) is 6.20 Å². The van der Waals surface area contributed by atoms with Crippen LogP contribution in [0.15, 0.2) is 6.20 Å². The molecular weight excluding hydrogens is 242 g/mol. The average Bonchev–Trinajstić information content (AvgIpc) is 2.83. The number of likely N-dealkylation sites (tertiary alicyclic amines) is 1. The fourth-order valence-corrected chi connectivity index (χ4v) is 3.37. The lowest BCUT2D eigenvalue weighted by atomic mass is 9.94. The van der Waals surface area contributed by atoms with Crippen LogP contribution >= 0.6 is 0 Å². The molecule has 1 unspecified atom stereocenters. The van der Waals surface area contributed by atoms with Gasteiger partial charge in [0.05, 0.1) is 11.6 Å². The van der Waals surface area contributed by atoms with Gasteiger partial charge in [-0.1, -0.05) is 0 Å². The van der Waals surface area contributed by atoms with Gasteiger partial charge < -0.3 is 14.6 Å². The van der Waals surface area contributed by atoms with E-state index in [2.05, 4.69) is 21.5 Å². The Morgan fingerprint density at radius 2 is 2.05 bits per heavy atom. The van der Waals surface area contributed by atoms with Crippen LogP contribution in [-0.2, 0) is 11.3 Å². The van der Waals surface area contributed by atoms with Gasteiger partial charge in [0.25, 0.3) is 0 Å². The third-order valence-corrected chi connectivity index (χ3v) is 4.53. The summed E-state index contributed by atoms with van der Waals surface area (Å²) in [7, 11) is 2.15. The molecule has 2 aliphatic rings. The van der Waals surface area contributed by atoms with Crippen LogP contribution in [0.5, 0.6) is 0 Å². The maximum absolute atomic E-state index is 11.3. The van der Waals surface area contributed by atoms with Crippen molar-refractivity contribution in [2.45, 2.75) is 44.1 Å². The molecule has 0 aromatic carbocycles. The van der Waals surface area contributed by atoms with E-state index in [-0.39, 0.29) is 5.92 Å². The van der Waals surface area contributed by atoms with Crippen molar-refractivity contribution in [3.05, 3.63) is 17.7 Å². The molecule has 0 saturated carbocycles. The number of aromatic nitrogens is 2. The van der Waals surface area contributed by atoms with E-state index in [0.29, 0.717) is 5.92 Å². The van der Waals surface area contributed by atoms with Crippen LogP contribution in [0.25, 0.3) is 0 Å². The van der Waals surface area contributed by atoms with Gasteiger partial charge in [-0.3, -0.25) is 4.79 Å². The number of piperidine rings is 1. The second kappa shape index (κ2) is 4.96. The molecule has 1 saturated heterocycles. The second-order valence-electron chi connectivity index (χ2n) is 5.80. The molecule has 1 N–H and O–H groups in total. The summed E-state index contributed by atoms with van der Waals surface area (Å²) in [5.41, 5.74) is 0.910. The number of hydrogen-bond acceptors (Lipinski definition) is 3. The first kappa shape index (κ1) is 12.7. The molecule has 104 valence electrons. The molecule has 5 nitrogen and oxygen atoms in total. The van der Waals surface area contributed by atoms with Crippen molar-refractivity contribution in [2.75, 3.05) is 20.1 Å². The van der Waals surface area contributed by atoms with Gasteiger partial charge in [0.15, 0.2) is 0 Å².